The summed E-state index contributed by atoms with van der Waals surface area (Å²) in [5.41, 5.74) is -3.77. The second-order valence-corrected chi connectivity index (χ2v) is 9.19. The van der Waals surface area contributed by atoms with Crippen molar-refractivity contribution in [1.29, 1.82) is 0 Å². The number of likely N-dealkylation sites (tertiary alicyclic amines) is 1. The molecule has 3 N–H and O–H groups in total. The molecule has 2 aliphatic heterocycles. The van der Waals surface area contributed by atoms with Crippen LogP contribution in [0, 0.1) is 5.82 Å². The van der Waals surface area contributed by atoms with Crippen LogP contribution in [0.3, 0.4) is 0 Å². The number of piperidine rings is 1. The lowest BCUT2D eigenvalue weighted by molar-refractivity contribution is -0.195. The fourth-order valence-corrected chi connectivity index (χ4v) is 4.81. The van der Waals surface area contributed by atoms with Gasteiger partial charge in [-0.05, 0) is 38.0 Å². The van der Waals surface area contributed by atoms with Gasteiger partial charge in [0.05, 0.1) is 30.0 Å². The topological polar surface area (TPSA) is 151 Å². The number of rotatable bonds is 5. The highest BCUT2D eigenvalue weighted by Crippen LogP contribution is 2.43. The molecule has 0 saturated carbocycles. The molecule has 2 atom stereocenters. The number of amides is 1. The zero-order chi connectivity index (χ0) is 25.4. The monoisotopic (exact) mass is 491 g/mol. The van der Waals surface area contributed by atoms with E-state index < -0.39 is 46.9 Å². The summed E-state index contributed by atoms with van der Waals surface area (Å²) in [5.74, 6) is -2.22. The van der Waals surface area contributed by atoms with E-state index in [1.165, 1.54) is 13.0 Å². The molecule has 1 aromatic carbocycles. The summed E-state index contributed by atoms with van der Waals surface area (Å²) in [7, 11) is 0. The van der Waals surface area contributed by atoms with Crippen molar-refractivity contribution in [2.24, 2.45) is 0 Å². The fourth-order valence-electron chi connectivity index (χ4n) is 4.81. The van der Waals surface area contributed by atoms with Gasteiger partial charge in [-0.2, -0.15) is 4.39 Å². The third-order valence-corrected chi connectivity index (χ3v) is 6.61. The largest absolute Gasteiger partial charge is 0.482 e. The molecule has 2 aliphatic rings. The van der Waals surface area contributed by atoms with Gasteiger partial charge in [0.25, 0.3) is 11.5 Å². The van der Waals surface area contributed by atoms with Crippen molar-refractivity contribution >= 4 is 11.9 Å². The molecule has 3 heterocycles. The predicted octanol–water partition coefficient (Wildman–Crippen LogP) is 0.527. The molecule has 2 saturated heterocycles. The molecular weight excluding hydrogens is 465 g/mol. The van der Waals surface area contributed by atoms with Crippen molar-refractivity contribution in [1.82, 2.24) is 14.5 Å². The van der Waals surface area contributed by atoms with Crippen molar-refractivity contribution in [2.75, 3.05) is 26.3 Å². The van der Waals surface area contributed by atoms with Gasteiger partial charge in [-0.25, -0.2) is 9.59 Å². The third kappa shape index (κ3) is 5.13. The number of aromatic nitrogens is 2. The number of carbonyl (C=O) groups excluding carboxylic acids is 1. The van der Waals surface area contributed by atoms with Crippen LogP contribution >= 0.6 is 0 Å². The number of benzene rings is 1. The minimum Gasteiger partial charge on any atom is -0.482 e. The molecule has 188 valence electrons. The Morgan fingerprint density at radius 3 is 2.66 bits per heavy atom. The van der Waals surface area contributed by atoms with E-state index in [0.717, 1.165) is 10.8 Å². The summed E-state index contributed by atoms with van der Waals surface area (Å²) in [5, 5.41) is 19.9. The molecule has 2 fully saturated rings. The summed E-state index contributed by atoms with van der Waals surface area (Å²) in [6.45, 7) is 1.66. The minimum absolute atomic E-state index is 0.0741. The fraction of sp³-hybridized carbons (Fsp3) is 0.478. The van der Waals surface area contributed by atoms with Crippen LogP contribution in [0.5, 0.6) is 5.75 Å². The van der Waals surface area contributed by atoms with E-state index in [2.05, 4.69) is 0 Å². The number of H-pyrrole nitrogens is 1. The lowest BCUT2D eigenvalue weighted by Gasteiger charge is -2.51. The van der Waals surface area contributed by atoms with Crippen LogP contribution in [0.4, 0.5) is 4.39 Å². The number of nitrogens with zero attached hydrogens (tertiary/aromatic N) is 2. The van der Waals surface area contributed by atoms with Gasteiger partial charge < -0.3 is 24.6 Å². The number of ether oxygens (including phenoxy) is 2. The summed E-state index contributed by atoms with van der Waals surface area (Å²) in [6, 6.07) is 5.38. The highest BCUT2D eigenvalue weighted by atomic mass is 19.1. The van der Waals surface area contributed by atoms with Gasteiger partial charge in [0.15, 0.2) is 6.61 Å². The molecule has 1 amide bonds. The van der Waals surface area contributed by atoms with Crippen molar-refractivity contribution in [3.05, 3.63) is 62.7 Å². The zero-order valence-corrected chi connectivity index (χ0v) is 19.0. The van der Waals surface area contributed by atoms with E-state index in [9.17, 15) is 28.7 Å². The molecule has 12 heteroatoms. The number of hydrogen-bond donors (Lipinski definition) is 3. The quantitative estimate of drug-likeness (QED) is 0.548. The second-order valence-electron chi connectivity index (χ2n) is 9.19. The zero-order valence-electron chi connectivity index (χ0n) is 19.0. The van der Waals surface area contributed by atoms with Crippen LogP contribution in [0.1, 0.15) is 42.6 Å². The Balaban J connectivity index is 1.42. The number of nitrogens with one attached hydrogen (secondary N) is 1. The Hall–Kier alpha value is -3.51. The number of aromatic amines is 1. The number of aliphatic hydroxyl groups is 1. The maximum atomic E-state index is 13.8. The molecule has 0 aliphatic carbocycles. The van der Waals surface area contributed by atoms with Gasteiger partial charge in [0, 0.05) is 25.1 Å². The molecule has 4 rings (SSSR count). The lowest BCUT2D eigenvalue weighted by Crippen LogP contribution is -2.59. The first-order valence-corrected chi connectivity index (χ1v) is 11.1. The van der Waals surface area contributed by atoms with Crippen LogP contribution in [0.2, 0.25) is 0 Å². The smallest absolute Gasteiger partial charge is 0.341 e. The summed E-state index contributed by atoms with van der Waals surface area (Å²) in [4.78, 5) is 50.8. The van der Waals surface area contributed by atoms with E-state index in [4.69, 9.17) is 14.6 Å². The maximum Gasteiger partial charge on any atom is 0.341 e. The third-order valence-electron chi connectivity index (χ3n) is 6.61. The first-order chi connectivity index (χ1) is 16.5. The summed E-state index contributed by atoms with van der Waals surface area (Å²) >= 11 is 0. The van der Waals surface area contributed by atoms with Crippen molar-refractivity contribution in [3.8, 4) is 5.75 Å². The normalized spacial score (nSPS) is 23.7. The Kier molecular flexibility index (Phi) is 6.52. The molecule has 11 nitrogen and oxygen atoms in total. The minimum atomic E-state index is -1.44. The molecule has 2 aromatic rings. The van der Waals surface area contributed by atoms with Crippen LogP contribution < -0.4 is 16.0 Å². The van der Waals surface area contributed by atoms with Crippen LogP contribution in [-0.2, 0) is 9.53 Å². The Bertz CT molecular complexity index is 1250. The molecule has 1 aromatic heterocycles. The van der Waals surface area contributed by atoms with E-state index in [-0.39, 0.29) is 24.7 Å². The first-order valence-electron chi connectivity index (χ1n) is 11.1. The molecular formula is C23H26FN3O8. The van der Waals surface area contributed by atoms with E-state index >= 15 is 0 Å². The number of carboxylic acids is 1. The van der Waals surface area contributed by atoms with Crippen molar-refractivity contribution < 1.29 is 33.7 Å². The Labute approximate surface area is 198 Å². The number of carboxylic acid groups (broad SMARTS) is 1. The first kappa shape index (κ1) is 24.6. The number of hydrogen-bond acceptors (Lipinski definition) is 7. The molecule has 0 unspecified atom stereocenters. The van der Waals surface area contributed by atoms with Gasteiger partial charge in [0.2, 0.25) is 5.82 Å². The lowest BCUT2D eigenvalue weighted by atomic mass is 9.75. The second kappa shape index (κ2) is 9.27. The van der Waals surface area contributed by atoms with Crippen LogP contribution in [0.15, 0.2) is 40.1 Å². The average molecular weight is 491 g/mol. The maximum absolute atomic E-state index is 13.8. The van der Waals surface area contributed by atoms with Crippen molar-refractivity contribution in [3.63, 3.8) is 0 Å². The average Bonchev–Trinajstić information content (AvgIpc) is 2.80. The van der Waals surface area contributed by atoms with E-state index in [1.54, 1.807) is 23.1 Å². The van der Waals surface area contributed by atoms with Gasteiger partial charge in [-0.3, -0.25) is 19.1 Å². The molecule has 1 spiro atoms. The van der Waals surface area contributed by atoms with Crippen molar-refractivity contribution in [2.45, 2.75) is 43.4 Å². The van der Waals surface area contributed by atoms with Gasteiger partial charge >= 0.3 is 11.7 Å². The van der Waals surface area contributed by atoms with Gasteiger partial charge in [-0.15, -0.1) is 0 Å². The summed E-state index contributed by atoms with van der Waals surface area (Å²) < 4.78 is 26.0. The van der Waals surface area contributed by atoms with Gasteiger partial charge in [0.1, 0.15) is 5.75 Å². The highest BCUT2D eigenvalue weighted by Gasteiger charge is 2.50. The highest BCUT2D eigenvalue weighted by molar-refractivity contribution is 5.94. The van der Waals surface area contributed by atoms with E-state index in [1.807, 2.05) is 4.98 Å². The predicted molar refractivity (Wildman–Crippen MR) is 119 cm³/mol. The Morgan fingerprint density at radius 1 is 1.29 bits per heavy atom. The SMILES string of the molecule is C[C@]1(O)CC2(CCN(C(=O)c3cccc(OCC(=O)O)c3)CC2)OC[C@@H]1n1cc(F)c(=O)[nH]c1=O. The standard InChI is InChI=1S/C23H26FN3O8/c1-22(33)13-23(35-11-17(22)27-10-16(24)19(30)25-21(27)32)5-7-26(8-6-23)20(31)14-3-2-4-15(9-14)34-12-18(28)29/h2-4,9-10,17,33H,5-8,11-13H2,1H3,(H,28,29)(H,25,30,32)/t17-,22-/m0/s1. The Morgan fingerprint density at radius 2 is 2.00 bits per heavy atom. The number of carbonyl (C=O) groups is 2. The van der Waals surface area contributed by atoms with E-state index in [0.29, 0.717) is 31.5 Å². The summed E-state index contributed by atoms with van der Waals surface area (Å²) in [6.07, 6.45) is 1.80. The number of aliphatic carboxylic acids is 1. The van der Waals surface area contributed by atoms with Crippen LogP contribution in [0.25, 0.3) is 0 Å². The number of halogens is 1. The molecule has 35 heavy (non-hydrogen) atoms. The molecule has 0 bridgehead atoms. The molecule has 0 radical (unpaired) electrons. The van der Waals surface area contributed by atoms with Gasteiger partial charge in [-0.1, -0.05) is 6.07 Å². The van der Waals surface area contributed by atoms with Crippen LogP contribution in [-0.4, -0.2) is 74.0 Å².